The van der Waals surface area contributed by atoms with Crippen LogP contribution in [0.1, 0.15) is 30.1 Å². The molecule has 0 aliphatic rings. The van der Waals surface area contributed by atoms with Gasteiger partial charge in [-0.1, -0.05) is 0 Å². The SMILES string of the molecule is COc1cc(OC(C)CCC(=O)NN)cc(C(N)=O)c1. The maximum absolute atomic E-state index is 11.2. The number of hydrazine groups is 1. The summed E-state index contributed by atoms with van der Waals surface area (Å²) in [5.74, 6) is 5.10. The molecule has 0 saturated carbocycles. The Morgan fingerprint density at radius 1 is 1.30 bits per heavy atom. The molecular formula is C13H19N3O4. The number of nitrogens with one attached hydrogen (secondary N) is 1. The van der Waals surface area contributed by atoms with E-state index in [9.17, 15) is 9.59 Å². The monoisotopic (exact) mass is 281 g/mol. The first-order valence-corrected chi connectivity index (χ1v) is 6.11. The normalized spacial score (nSPS) is 11.6. The maximum Gasteiger partial charge on any atom is 0.248 e. The number of hydrogen-bond acceptors (Lipinski definition) is 5. The van der Waals surface area contributed by atoms with Crippen molar-refractivity contribution in [3.63, 3.8) is 0 Å². The number of primary amides is 1. The minimum absolute atomic E-state index is 0.222. The molecule has 0 saturated heterocycles. The molecule has 1 aromatic rings. The molecule has 0 aromatic heterocycles. The lowest BCUT2D eigenvalue weighted by Gasteiger charge is -2.15. The third kappa shape index (κ3) is 4.77. The Labute approximate surface area is 117 Å². The maximum atomic E-state index is 11.2. The fraction of sp³-hybridized carbons (Fsp3) is 0.385. The van der Waals surface area contributed by atoms with E-state index in [1.165, 1.54) is 19.2 Å². The van der Waals surface area contributed by atoms with E-state index >= 15 is 0 Å². The summed E-state index contributed by atoms with van der Waals surface area (Å²) in [6.07, 6.45) is 0.524. The van der Waals surface area contributed by atoms with Crippen molar-refractivity contribution in [3.05, 3.63) is 23.8 Å². The number of carbonyl (C=O) groups excluding carboxylic acids is 2. The third-order valence-corrected chi connectivity index (χ3v) is 2.68. The van der Waals surface area contributed by atoms with Gasteiger partial charge in [0.15, 0.2) is 0 Å². The van der Waals surface area contributed by atoms with Crippen LogP contribution in [0.15, 0.2) is 18.2 Å². The van der Waals surface area contributed by atoms with Gasteiger partial charge in [-0.25, -0.2) is 5.84 Å². The van der Waals surface area contributed by atoms with E-state index in [2.05, 4.69) is 5.43 Å². The highest BCUT2D eigenvalue weighted by molar-refractivity contribution is 5.93. The molecule has 7 nitrogen and oxygen atoms in total. The molecule has 1 aromatic carbocycles. The zero-order chi connectivity index (χ0) is 15.1. The van der Waals surface area contributed by atoms with Crippen LogP contribution in [-0.2, 0) is 4.79 Å². The van der Waals surface area contributed by atoms with Gasteiger partial charge in [-0.05, 0) is 25.5 Å². The van der Waals surface area contributed by atoms with Crippen molar-refractivity contribution in [1.29, 1.82) is 0 Å². The molecule has 0 spiro atoms. The Kier molecular flexibility index (Phi) is 5.79. The van der Waals surface area contributed by atoms with Crippen LogP contribution in [-0.4, -0.2) is 25.0 Å². The molecule has 0 heterocycles. The summed E-state index contributed by atoms with van der Waals surface area (Å²) in [5, 5.41) is 0. The van der Waals surface area contributed by atoms with Gasteiger partial charge in [0.05, 0.1) is 13.2 Å². The third-order valence-electron chi connectivity index (χ3n) is 2.68. The summed E-state index contributed by atoms with van der Waals surface area (Å²) in [6, 6.07) is 4.71. The van der Waals surface area contributed by atoms with E-state index < -0.39 is 5.91 Å². The van der Waals surface area contributed by atoms with Gasteiger partial charge in [0.1, 0.15) is 11.5 Å². The molecule has 20 heavy (non-hydrogen) atoms. The van der Waals surface area contributed by atoms with Gasteiger partial charge < -0.3 is 15.2 Å². The topological polar surface area (TPSA) is 117 Å². The molecule has 0 aliphatic carbocycles. The largest absolute Gasteiger partial charge is 0.497 e. The highest BCUT2D eigenvalue weighted by Crippen LogP contribution is 2.24. The van der Waals surface area contributed by atoms with E-state index in [0.717, 1.165) is 0 Å². The van der Waals surface area contributed by atoms with Crippen LogP contribution in [0.2, 0.25) is 0 Å². The highest BCUT2D eigenvalue weighted by atomic mass is 16.5. The van der Waals surface area contributed by atoms with Crippen molar-refractivity contribution in [2.45, 2.75) is 25.9 Å². The summed E-state index contributed by atoms with van der Waals surface area (Å²) < 4.78 is 10.7. The number of benzene rings is 1. The quantitative estimate of drug-likeness (QED) is 0.378. The molecule has 5 N–H and O–H groups in total. The summed E-state index contributed by atoms with van der Waals surface area (Å²) in [6.45, 7) is 1.81. The molecule has 1 atom stereocenters. The Bertz CT molecular complexity index is 491. The zero-order valence-corrected chi connectivity index (χ0v) is 11.5. The molecule has 7 heteroatoms. The Hall–Kier alpha value is -2.28. The van der Waals surface area contributed by atoms with E-state index in [4.69, 9.17) is 21.1 Å². The number of carbonyl (C=O) groups is 2. The molecule has 2 amide bonds. The lowest BCUT2D eigenvalue weighted by molar-refractivity contribution is -0.121. The number of amides is 2. The van der Waals surface area contributed by atoms with Crippen LogP contribution in [0.4, 0.5) is 0 Å². The zero-order valence-electron chi connectivity index (χ0n) is 11.5. The van der Waals surface area contributed by atoms with Crippen LogP contribution in [0.5, 0.6) is 11.5 Å². The van der Waals surface area contributed by atoms with E-state index in [1.54, 1.807) is 6.07 Å². The number of methoxy groups -OCH3 is 1. The molecule has 0 radical (unpaired) electrons. The van der Waals surface area contributed by atoms with Crippen molar-refractivity contribution < 1.29 is 19.1 Å². The minimum atomic E-state index is -0.566. The average molecular weight is 281 g/mol. The van der Waals surface area contributed by atoms with Crippen LogP contribution in [0, 0.1) is 0 Å². The van der Waals surface area contributed by atoms with Crippen LogP contribution >= 0.6 is 0 Å². The number of nitrogens with two attached hydrogens (primary N) is 2. The first-order valence-electron chi connectivity index (χ1n) is 6.11. The molecule has 0 bridgehead atoms. The van der Waals surface area contributed by atoms with Crippen molar-refractivity contribution in [2.24, 2.45) is 11.6 Å². The fourth-order valence-corrected chi connectivity index (χ4v) is 1.60. The van der Waals surface area contributed by atoms with Gasteiger partial charge >= 0.3 is 0 Å². The predicted octanol–water partition coefficient (Wildman–Crippen LogP) is 0.332. The van der Waals surface area contributed by atoms with E-state index in [1.807, 2.05) is 6.92 Å². The van der Waals surface area contributed by atoms with Gasteiger partial charge in [0.2, 0.25) is 11.8 Å². The second-order valence-electron chi connectivity index (χ2n) is 4.30. The number of rotatable bonds is 7. The Morgan fingerprint density at radius 2 is 1.95 bits per heavy atom. The second-order valence-corrected chi connectivity index (χ2v) is 4.30. The standard InChI is InChI=1S/C13H19N3O4/c1-8(3-4-12(17)16-15)20-11-6-9(13(14)18)5-10(7-11)19-2/h5-8H,3-4,15H2,1-2H3,(H2,14,18)(H,16,17). The first kappa shape index (κ1) is 15.8. The molecular weight excluding hydrogens is 262 g/mol. The van der Waals surface area contributed by atoms with Crippen molar-refractivity contribution >= 4 is 11.8 Å². The lowest BCUT2D eigenvalue weighted by Crippen LogP contribution is -2.30. The summed E-state index contributed by atoms with van der Waals surface area (Å²) in [5.41, 5.74) is 7.58. The van der Waals surface area contributed by atoms with Crippen molar-refractivity contribution in [2.75, 3.05) is 7.11 Å². The average Bonchev–Trinajstić information content (AvgIpc) is 2.44. The second kappa shape index (κ2) is 7.34. The van der Waals surface area contributed by atoms with Gasteiger partial charge in [-0.2, -0.15) is 0 Å². The van der Waals surface area contributed by atoms with Gasteiger partial charge in [0, 0.05) is 18.1 Å². The van der Waals surface area contributed by atoms with Crippen LogP contribution in [0.25, 0.3) is 0 Å². The van der Waals surface area contributed by atoms with E-state index in [-0.39, 0.29) is 18.4 Å². The molecule has 1 unspecified atom stereocenters. The van der Waals surface area contributed by atoms with Gasteiger partial charge in [-0.15, -0.1) is 0 Å². The lowest BCUT2D eigenvalue weighted by atomic mass is 10.1. The van der Waals surface area contributed by atoms with Gasteiger partial charge in [-0.3, -0.25) is 15.0 Å². The summed E-state index contributed by atoms with van der Waals surface area (Å²) in [7, 11) is 1.49. The van der Waals surface area contributed by atoms with E-state index in [0.29, 0.717) is 23.5 Å². The van der Waals surface area contributed by atoms with Crippen molar-refractivity contribution in [3.8, 4) is 11.5 Å². The smallest absolute Gasteiger partial charge is 0.248 e. The first-order chi connectivity index (χ1) is 9.46. The molecule has 1 rings (SSSR count). The number of ether oxygens (including phenoxy) is 2. The molecule has 110 valence electrons. The molecule has 0 aliphatic heterocycles. The van der Waals surface area contributed by atoms with Crippen LogP contribution in [0.3, 0.4) is 0 Å². The predicted molar refractivity (Wildman–Crippen MR) is 73.2 cm³/mol. The highest BCUT2D eigenvalue weighted by Gasteiger charge is 2.11. The summed E-state index contributed by atoms with van der Waals surface area (Å²) in [4.78, 5) is 22.2. The molecule has 0 fully saturated rings. The summed E-state index contributed by atoms with van der Waals surface area (Å²) >= 11 is 0. The Balaban J connectivity index is 2.73. The van der Waals surface area contributed by atoms with Crippen molar-refractivity contribution in [1.82, 2.24) is 5.43 Å². The minimum Gasteiger partial charge on any atom is -0.497 e. The fourth-order valence-electron chi connectivity index (χ4n) is 1.60. The van der Waals surface area contributed by atoms with Gasteiger partial charge in [0.25, 0.3) is 0 Å². The van der Waals surface area contributed by atoms with Crippen LogP contribution < -0.4 is 26.5 Å². The number of hydrogen-bond donors (Lipinski definition) is 3. The Morgan fingerprint density at radius 3 is 2.50 bits per heavy atom.